The molecule has 0 bridgehead atoms. The number of hydrogen-bond donors (Lipinski definition) is 0. The molecule has 1 atom stereocenters. The molecule has 2 heteroatoms. The van der Waals surface area contributed by atoms with E-state index in [4.69, 9.17) is 0 Å². The lowest BCUT2D eigenvalue weighted by Gasteiger charge is -2.06. The summed E-state index contributed by atoms with van der Waals surface area (Å²) in [5, 5.41) is 0. The van der Waals surface area contributed by atoms with Gasteiger partial charge >= 0.3 is 0 Å². The van der Waals surface area contributed by atoms with Gasteiger partial charge in [-0.3, -0.25) is 0 Å². The van der Waals surface area contributed by atoms with Crippen LogP contribution in [0.3, 0.4) is 0 Å². The second-order valence-electron chi connectivity index (χ2n) is 2.75. The molecule has 0 spiro atoms. The van der Waals surface area contributed by atoms with E-state index in [2.05, 4.69) is 15.9 Å². The van der Waals surface area contributed by atoms with Crippen molar-refractivity contribution in [2.75, 3.05) is 0 Å². The van der Waals surface area contributed by atoms with Crippen LogP contribution < -0.4 is 0 Å². The SMILES string of the molecule is Fc1ccccc1C1(Br)[CH]C1. The zero-order valence-electron chi connectivity index (χ0n) is 5.85. The van der Waals surface area contributed by atoms with Crippen LogP contribution in [-0.4, -0.2) is 0 Å². The molecule has 0 aliphatic heterocycles. The first-order valence-corrected chi connectivity index (χ1v) is 4.30. The van der Waals surface area contributed by atoms with E-state index in [1.807, 2.05) is 18.6 Å². The van der Waals surface area contributed by atoms with Gasteiger partial charge in [0.2, 0.25) is 0 Å². The van der Waals surface area contributed by atoms with Crippen molar-refractivity contribution in [3.05, 3.63) is 42.1 Å². The Labute approximate surface area is 73.6 Å². The molecule has 0 nitrogen and oxygen atoms in total. The number of alkyl halides is 1. The fourth-order valence-corrected chi connectivity index (χ4v) is 1.59. The Morgan fingerprint density at radius 2 is 2.00 bits per heavy atom. The number of halogens is 2. The Bertz CT molecular complexity index is 279. The first-order chi connectivity index (χ1) is 5.22. The van der Waals surface area contributed by atoms with Gasteiger partial charge in [0, 0.05) is 5.56 Å². The fraction of sp³-hybridized carbons (Fsp3) is 0.222. The van der Waals surface area contributed by atoms with E-state index in [9.17, 15) is 4.39 Å². The zero-order valence-corrected chi connectivity index (χ0v) is 7.44. The van der Waals surface area contributed by atoms with Crippen LogP contribution in [0.15, 0.2) is 24.3 Å². The summed E-state index contributed by atoms with van der Waals surface area (Å²) in [6.07, 6.45) is 2.97. The van der Waals surface area contributed by atoms with Crippen molar-refractivity contribution in [1.82, 2.24) is 0 Å². The molecule has 1 radical (unpaired) electrons. The molecular weight excluding hydrogens is 207 g/mol. The van der Waals surface area contributed by atoms with Crippen molar-refractivity contribution in [1.29, 1.82) is 0 Å². The summed E-state index contributed by atoms with van der Waals surface area (Å²) < 4.78 is 12.9. The smallest absolute Gasteiger partial charge is 0.127 e. The van der Waals surface area contributed by atoms with Crippen LogP contribution in [0.5, 0.6) is 0 Å². The van der Waals surface area contributed by atoms with E-state index < -0.39 is 0 Å². The standard InChI is InChI=1S/C9H7BrF/c10-9(5-6-9)7-3-1-2-4-8(7)11/h1-5H,6H2. The summed E-state index contributed by atoms with van der Waals surface area (Å²) in [4.78, 5) is 0. The van der Waals surface area contributed by atoms with Gasteiger partial charge in [-0.25, -0.2) is 4.39 Å². The normalized spacial score (nSPS) is 19.8. The summed E-state index contributed by atoms with van der Waals surface area (Å²) in [5.74, 6) is -0.127. The summed E-state index contributed by atoms with van der Waals surface area (Å²) in [6.45, 7) is 0. The zero-order chi connectivity index (χ0) is 7.90. The van der Waals surface area contributed by atoms with Gasteiger partial charge in [-0.2, -0.15) is 0 Å². The Kier molecular flexibility index (Phi) is 1.53. The number of hydrogen-bond acceptors (Lipinski definition) is 0. The summed E-state index contributed by atoms with van der Waals surface area (Å²) in [6, 6.07) is 6.86. The first kappa shape index (κ1) is 7.29. The average molecular weight is 214 g/mol. The Morgan fingerprint density at radius 3 is 2.55 bits per heavy atom. The summed E-state index contributed by atoms with van der Waals surface area (Å²) >= 11 is 3.45. The van der Waals surface area contributed by atoms with E-state index in [-0.39, 0.29) is 10.1 Å². The van der Waals surface area contributed by atoms with Crippen LogP contribution in [0.4, 0.5) is 4.39 Å². The molecule has 1 aromatic rings. The predicted octanol–water partition coefficient (Wildman–Crippen LogP) is 3.02. The highest BCUT2D eigenvalue weighted by molar-refractivity contribution is 9.10. The molecule has 1 aliphatic carbocycles. The minimum Gasteiger partial charge on any atom is -0.207 e. The quantitative estimate of drug-likeness (QED) is 0.630. The summed E-state index contributed by atoms with van der Waals surface area (Å²) in [5.41, 5.74) is 0.750. The summed E-state index contributed by atoms with van der Waals surface area (Å²) in [7, 11) is 0. The van der Waals surface area contributed by atoms with E-state index in [1.54, 1.807) is 6.07 Å². The molecule has 0 saturated heterocycles. The minimum absolute atomic E-state index is 0.127. The van der Waals surface area contributed by atoms with Gasteiger partial charge in [-0.1, -0.05) is 34.1 Å². The van der Waals surface area contributed by atoms with Crippen molar-refractivity contribution >= 4 is 15.9 Å². The third-order valence-corrected chi connectivity index (χ3v) is 2.96. The van der Waals surface area contributed by atoms with Gasteiger partial charge in [-0.15, -0.1) is 0 Å². The monoisotopic (exact) mass is 213 g/mol. The van der Waals surface area contributed by atoms with Crippen LogP contribution in [-0.2, 0) is 4.32 Å². The Balaban J connectivity index is 2.45. The predicted molar refractivity (Wildman–Crippen MR) is 45.9 cm³/mol. The molecule has 57 valence electrons. The van der Waals surface area contributed by atoms with E-state index >= 15 is 0 Å². The van der Waals surface area contributed by atoms with Crippen molar-refractivity contribution in [2.45, 2.75) is 10.7 Å². The molecule has 0 amide bonds. The van der Waals surface area contributed by atoms with Crippen LogP contribution >= 0.6 is 15.9 Å². The Morgan fingerprint density at radius 1 is 1.36 bits per heavy atom. The van der Waals surface area contributed by atoms with Crippen molar-refractivity contribution < 1.29 is 4.39 Å². The maximum atomic E-state index is 13.1. The lowest BCUT2D eigenvalue weighted by Crippen LogP contribution is -1.98. The van der Waals surface area contributed by atoms with Crippen LogP contribution in [0.1, 0.15) is 12.0 Å². The van der Waals surface area contributed by atoms with Crippen LogP contribution in [0, 0.1) is 12.2 Å². The van der Waals surface area contributed by atoms with Gasteiger partial charge in [0.25, 0.3) is 0 Å². The molecule has 2 rings (SSSR count). The topological polar surface area (TPSA) is 0 Å². The molecule has 1 aromatic carbocycles. The third kappa shape index (κ3) is 1.20. The van der Waals surface area contributed by atoms with Crippen molar-refractivity contribution in [3.63, 3.8) is 0 Å². The molecule has 0 N–H and O–H groups in total. The maximum absolute atomic E-state index is 13.1. The number of rotatable bonds is 1. The van der Waals surface area contributed by atoms with E-state index in [0.29, 0.717) is 0 Å². The third-order valence-electron chi connectivity index (χ3n) is 1.88. The molecule has 1 fully saturated rings. The molecule has 0 aromatic heterocycles. The van der Waals surface area contributed by atoms with Crippen molar-refractivity contribution in [2.24, 2.45) is 0 Å². The minimum atomic E-state index is -0.154. The molecule has 11 heavy (non-hydrogen) atoms. The average Bonchev–Trinajstić information content (AvgIpc) is 2.70. The van der Waals surface area contributed by atoms with Gasteiger partial charge < -0.3 is 0 Å². The second-order valence-corrected chi connectivity index (χ2v) is 4.17. The highest BCUT2D eigenvalue weighted by atomic mass is 79.9. The molecule has 0 heterocycles. The van der Waals surface area contributed by atoms with Crippen LogP contribution in [0.25, 0.3) is 0 Å². The van der Waals surface area contributed by atoms with E-state index in [0.717, 1.165) is 12.0 Å². The first-order valence-electron chi connectivity index (χ1n) is 3.51. The lowest BCUT2D eigenvalue weighted by molar-refractivity contribution is 0.609. The lowest BCUT2D eigenvalue weighted by atomic mass is 10.1. The Hall–Kier alpha value is -0.370. The van der Waals surface area contributed by atoms with E-state index in [1.165, 1.54) is 6.07 Å². The molecular formula is C9H7BrF. The largest absolute Gasteiger partial charge is 0.207 e. The molecule has 1 aliphatic rings. The van der Waals surface area contributed by atoms with Crippen molar-refractivity contribution in [3.8, 4) is 0 Å². The second kappa shape index (κ2) is 2.31. The number of benzene rings is 1. The van der Waals surface area contributed by atoms with Gasteiger partial charge in [0.15, 0.2) is 0 Å². The van der Waals surface area contributed by atoms with Crippen LogP contribution in [0.2, 0.25) is 0 Å². The molecule has 1 unspecified atom stereocenters. The molecule has 1 saturated carbocycles. The fourth-order valence-electron chi connectivity index (χ4n) is 1.11. The maximum Gasteiger partial charge on any atom is 0.127 e. The van der Waals surface area contributed by atoms with Gasteiger partial charge in [0.05, 0.1) is 4.32 Å². The van der Waals surface area contributed by atoms with Gasteiger partial charge in [0.1, 0.15) is 5.82 Å². The highest BCUT2D eigenvalue weighted by Gasteiger charge is 2.43. The van der Waals surface area contributed by atoms with Gasteiger partial charge in [-0.05, 0) is 18.9 Å². The highest BCUT2D eigenvalue weighted by Crippen LogP contribution is 2.53.